The minimum Gasteiger partial charge on any atom is -0.480 e. The fraction of sp³-hybridized carbons (Fsp3) is 0.556. The molecule has 1 aliphatic heterocycles. The quantitative estimate of drug-likeness (QED) is 0.722. The van der Waals surface area contributed by atoms with Gasteiger partial charge in [0.2, 0.25) is 5.91 Å². The molecule has 1 atom stereocenters. The van der Waals surface area contributed by atoms with Crippen molar-refractivity contribution in [2.45, 2.75) is 36.7 Å². The van der Waals surface area contributed by atoms with E-state index in [0.29, 0.717) is 0 Å². The van der Waals surface area contributed by atoms with Crippen LogP contribution in [0.1, 0.15) is 19.8 Å². The molecule has 0 saturated carbocycles. The normalized spacial score (nSPS) is 17.4. The molecular formula is C18H27N3O3S. The van der Waals surface area contributed by atoms with Gasteiger partial charge >= 0.3 is 5.97 Å². The monoisotopic (exact) mass is 365 g/mol. The first-order valence-corrected chi connectivity index (χ1v) is 9.74. The fourth-order valence-electron chi connectivity index (χ4n) is 3.17. The lowest BCUT2D eigenvalue weighted by Crippen LogP contribution is -2.50. The standard InChI is InChI=1S/C18H27N3O3S/c1-13(18(24)19-14-5-4-6-16(11-14)25-3)21-9-7-15(8-10-21)20(2)12-17(22)23/h4-6,11,13,15H,7-10,12H2,1-3H3,(H,19,24)(H,22,23). The number of carboxylic acids is 1. The first kappa shape index (κ1) is 19.8. The number of carbonyl (C=O) groups excluding carboxylic acids is 1. The fourth-order valence-corrected chi connectivity index (χ4v) is 3.63. The van der Waals surface area contributed by atoms with Crippen molar-refractivity contribution in [2.75, 3.05) is 38.3 Å². The lowest BCUT2D eigenvalue weighted by Gasteiger charge is -2.38. The molecule has 1 fully saturated rings. The Labute approximate surface area is 153 Å². The molecule has 1 amide bonds. The first-order chi connectivity index (χ1) is 11.9. The number of amides is 1. The van der Waals surface area contributed by atoms with Crippen LogP contribution in [0.5, 0.6) is 0 Å². The van der Waals surface area contributed by atoms with Crippen LogP contribution in [0.3, 0.4) is 0 Å². The van der Waals surface area contributed by atoms with Crippen molar-refractivity contribution in [3.8, 4) is 0 Å². The van der Waals surface area contributed by atoms with Crippen LogP contribution < -0.4 is 5.32 Å². The maximum absolute atomic E-state index is 12.5. The molecule has 0 aromatic heterocycles. The summed E-state index contributed by atoms with van der Waals surface area (Å²) in [7, 11) is 1.85. The van der Waals surface area contributed by atoms with E-state index >= 15 is 0 Å². The zero-order valence-electron chi connectivity index (χ0n) is 15.1. The second kappa shape index (κ2) is 9.22. The summed E-state index contributed by atoms with van der Waals surface area (Å²) in [6, 6.07) is 7.89. The topological polar surface area (TPSA) is 72.9 Å². The molecule has 1 unspecified atom stereocenters. The SMILES string of the molecule is CSc1cccc(NC(=O)C(C)N2CCC(N(C)CC(=O)O)CC2)c1. The largest absolute Gasteiger partial charge is 0.480 e. The van der Waals surface area contributed by atoms with Crippen LogP contribution in [0, 0.1) is 0 Å². The number of thioether (sulfide) groups is 1. The summed E-state index contributed by atoms with van der Waals surface area (Å²) < 4.78 is 0. The van der Waals surface area contributed by atoms with Crippen LogP contribution in [-0.2, 0) is 9.59 Å². The summed E-state index contributed by atoms with van der Waals surface area (Å²) in [6.07, 6.45) is 3.77. The number of piperidine rings is 1. The molecule has 7 heteroatoms. The lowest BCUT2D eigenvalue weighted by atomic mass is 10.0. The van der Waals surface area contributed by atoms with Crippen molar-refractivity contribution in [2.24, 2.45) is 0 Å². The van der Waals surface area contributed by atoms with Crippen LogP contribution in [0.2, 0.25) is 0 Å². The van der Waals surface area contributed by atoms with E-state index < -0.39 is 5.97 Å². The van der Waals surface area contributed by atoms with E-state index in [1.807, 2.05) is 49.4 Å². The summed E-state index contributed by atoms with van der Waals surface area (Å²) in [4.78, 5) is 28.5. The third-order valence-corrected chi connectivity index (χ3v) is 5.50. The van der Waals surface area contributed by atoms with Crippen LogP contribution in [0.15, 0.2) is 29.2 Å². The van der Waals surface area contributed by atoms with Gasteiger partial charge in [0.05, 0.1) is 12.6 Å². The third-order valence-electron chi connectivity index (χ3n) is 4.77. The Morgan fingerprint density at radius 3 is 2.68 bits per heavy atom. The molecule has 0 bridgehead atoms. The maximum Gasteiger partial charge on any atom is 0.317 e. The molecule has 1 aliphatic rings. The molecule has 2 rings (SSSR count). The van der Waals surface area contributed by atoms with Crippen molar-refractivity contribution < 1.29 is 14.7 Å². The Bertz CT molecular complexity index is 603. The number of likely N-dealkylation sites (tertiary alicyclic amines) is 1. The van der Waals surface area contributed by atoms with E-state index in [2.05, 4.69) is 10.2 Å². The molecule has 1 saturated heterocycles. The molecule has 0 spiro atoms. The van der Waals surface area contributed by atoms with Gasteiger partial charge in [0.15, 0.2) is 0 Å². The first-order valence-electron chi connectivity index (χ1n) is 8.51. The molecule has 138 valence electrons. The minimum atomic E-state index is -0.801. The predicted octanol–water partition coefficient (Wildman–Crippen LogP) is 2.22. The Hall–Kier alpha value is -1.57. The number of rotatable bonds is 7. The van der Waals surface area contributed by atoms with Crippen molar-refractivity contribution in [1.82, 2.24) is 9.80 Å². The second-order valence-electron chi connectivity index (χ2n) is 6.47. The van der Waals surface area contributed by atoms with Gasteiger partial charge in [-0.3, -0.25) is 19.4 Å². The Morgan fingerprint density at radius 2 is 2.08 bits per heavy atom. The van der Waals surface area contributed by atoms with Crippen LogP contribution in [0.25, 0.3) is 0 Å². The summed E-state index contributed by atoms with van der Waals surface area (Å²) in [6.45, 7) is 3.59. The van der Waals surface area contributed by atoms with Gasteiger partial charge in [0, 0.05) is 29.7 Å². The van der Waals surface area contributed by atoms with Gasteiger partial charge in [0.1, 0.15) is 0 Å². The number of carboxylic acid groups (broad SMARTS) is 1. The van der Waals surface area contributed by atoms with E-state index in [1.54, 1.807) is 11.8 Å². The summed E-state index contributed by atoms with van der Waals surface area (Å²) in [5.41, 5.74) is 0.819. The molecule has 0 radical (unpaired) electrons. The summed E-state index contributed by atoms with van der Waals surface area (Å²) in [5.74, 6) is -0.805. The minimum absolute atomic E-state index is 0.00408. The highest BCUT2D eigenvalue weighted by atomic mass is 32.2. The molecule has 25 heavy (non-hydrogen) atoms. The summed E-state index contributed by atoms with van der Waals surface area (Å²) in [5, 5.41) is 11.9. The number of hydrogen-bond acceptors (Lipinski definition) is 5. The Kier molecular flexibility index (Phi) is 7.28. The number of nitrogens with one attached hydrogen (secondary N) is 1. The Morgan fingerprint density at radius 1 is 1.40 bits per heavy atom. The van der Waals surface area contributed by atoms with Gasteiger partial charge in [-0.05, 0) is 51.3 Å². The van der Waals surface area contributed by atoms with Gasteiger partial charge in [0.25, 0.3) is 0 Å². The number of carbonyl (C=O) groups is 2. The van der Waals surface area contributed by atoms with E-state index in [4.69, 9.17) is 5.11 Å². The smallest absolute Gasteiger partial charge is 0.317 e. The molecule has 0 aliphatic carbocycles. The highest BCUT2D eigenvalue weighted by molar-refractivity contribution is 7.98. The van der Waals surface area contributed by atoms with Crippen molar-refractivity contribution in [1.29, 1.82) is 0 Å². The molecule has 6 nitrogen and oxygen atoms in total. The van der Waals surface area contributed by atoms with Crippen molar-refractivity contribution in [3.05, 3.63) is 24.3 Å². The van der Waals surface area contributed by atoms with Gasteiger partial charge < -0.3 is 10.4 Å². The van der Waals surface area contributed by atoms with Gasteiger partial charge in [-0.15, -0.1) is 11.8 Å². The average molecular weight is 365 g/mol. The molecule has 2 N–H and O–H groups in total. The van der Waals surface area contributed by atoms with Gasteiger partial charge in [-0.25, -0.2) is 0 Å². The van der Waals surface area contributed by atoms with E-state index in [0.717, 1.165) is 36.5 Å². The number of hydrogen-bond donors (Lipinski definition) is 2. The zero-order chi connectivity index (χ0) is 18.4. The Balaban J connectivity index is 1.85. The number of likely N-dealkylation sites (N-methyl/N-ethyl adjacent to an activating group) is 1. The number of anilines is 1. The van der Waals surface area contributed by atoms with Gasteiger partial charge in [-0.1, -0.05) is 6.07 Å². The maximum atomic E-state index is 12.5. The molecule has 1 heterocycles. The highest BCUT2D eigenvalue weighted by Crippen LogP contribution is 2.21. The second-order valence-corrected chi connectivity index (χ2v) is 7.35. The number of benzene rings is 1. The summed E-state index contributed by atoms with van der Waals surface area (Å²) >= 11 is 1.65. The third kappa shape index (κ3) is 5.73. The lowest BCUT2D eigenvalue weighted by molar-refractivity contribution is -0.138. The molecule has 1 aromatic rings. The molecular weight excluding hydrogens is 338 g/mol. The van der Waals surface area contributed by atoms with E-state index in [9.17, 15) is 9.59 Å². The number of aliphatic carboxylic acids is 1. The molecule has 1 aromatic carbocycles. The van der Waals surface area contributed by atoms with Crippen molar-refractivity contribution >= 4 is 29.3 Å². The van der Waals surface area contributed by atoms with E-state index in [1.165, 1.54) is 0 Å². The highest BCUT2D eigenvalue weighted by Gasteiger charge is 2.28. The predicted molar refractivity (Wildman–Crippen MR) is 101 cm³/mol. The van der Waals surface area contributed by atoms with Gasteiger partial charge in [-0.2, -0.15) is 0 Å². The van der Waals surface area contributed by atoms with E-state index in [-0.39, 0.29) is 24.5 Å². The zero-order valence-corrected chi connectivity index (χ0v) is 15.9. The van der Waals surface area contributed by atoms with Crippen LogP contribution in [-0.4, -0.2) is 71.8 Å². The van der Waals surface area contributed by atoms with Crippen molar-refractivity contribution in [3.63, 3.8) is 0 Å². The number of nitrogens with zero attached hydrogens (tertiary/aromatic N) is 2. The van der Waals surface area contributed by atoms with Crippen LogP contribution in [0.4, 0.5) is 5.69 Å². The average Bonchev–Trinajstić information content (AvgIpc) is 2.60. The van der Waals surface area contributed by atoms with Crippen LogP contribution >= 0.6 is 11.8 Å².